The molecule has 0 aliphatic carbocycles. The van der Waals surface area contributed by atoms with Gasteiger partial charge in [-0.1, -0.05) is 37.7 Å². The van der Waals surface area contributed by atoms with E-state index in [2.05, 4.69) is 31.0 Å². The fraction of sp³-hybridized carbons (Fsp3) is 0.261. The fourth-order valence-corrected chi connectivity index (χ4v) is 4.04. The first kappa shape index (κ1) is 20.2. The van der Waals surface area contributed by atoms with Crippen LogP contribution in [-0.4, -0.2) is 33.0 Å². The predicted molar refractivity (Wildman–Crippen MR) is 122 cm³/mol. The van der Waals surface area contributed by atoms with Crippen molar-refractivity contribution >= 4 is 34.7 Å². The average molecular weight is 421 g/mol. The highest BCUT2D eigenvalue weighted by molar-refractivity contribution is 8.16. The number of ether oxygens (including phenoxy) is 1. The van der Waals surface area contributed by atoms with Crippen LogP contribution in [0.2, 0.25) is 0 Å². The number of hydrogen-bond donors (Lipinski definition) is 1. The van der Waals surface area contributed by atoms with Crippen LogP contribution >= 0.6 is 11.8 Å². The maximum atomic E-state index is 12.4. The Morgan fingerprint density at radius 1 is 1.27 bits per heavy atom. The Labute approximate surface area is 180 Å². The summed E-state index contributed by atoms with van der Waals surface area (Å²) in [5.41, 5.74) is 2.45. The van der Waals surface area contributed by atoms with Gasteiger partial charge in [0.2, 0.25) is 0 Å². The molecule has 0 radical (unpaired) electrons. The molecule has 2 aromatic rings. The minimum Gasteiger partial charge on any atom is -0.492 e. The lowest BCUT2D eigenvalue weighted by Crippen LogP contribution is -2.35. The van der Waals surface area contributed by atoms with Crippen molar-refractivity contribution in [3.8, 4) is 5.75 Å². The van der Waals surface area contributed by atoms with Gasteiger partial charge < -0.3 is 9.30 Å². The van der Waals surface area contributed by atoms with E-state index in [1.165, 1.54) is 17.3 Å². The molecule has 0 saturated carbocycles. The molecule has 7 heteroatoms. The summed E-state index contributed by atoms with van der Waals surface area (Å²) in [7, 11) is 0. The van der Waals surface area contributed by atoms with E-state index >= 15 is 0 Å². The maximum Gasteiger partial charge on any atom is 0.283 e. The summed E-state index contributed by atoms with van der Waals surface area (Å²) in [5, 5.41) is 10.7. The number of hydrogen-bond acceptors (Lipinski definition) is 4. The molecule has 0 fully saturated rings. The van der Waals surface area contributed by atoms with Gasteiger partial charge in [0, 0.05) is 18.1 Å². The molecule has 6 nitrogen and oxygen atoms in total. The molecule has 3 heterocycles. The van der Waals surface area contributed by atoms with Crippen LogP contribution in [0, 0.1) is 5.41 Å². The normalized spacial score (nSPS) is 18.0. The van der Waals surface area contributed by atoms with Crippen molar-refractivity contribution in [3.05, 3.63) is 71.0 Å². The van der Waals surface area contributed by atoms with Crippen LogP contribution < -0.4 is 4.74 Å². The van der Waals surface area contributed by atoms with Crippen LogP contribution in [0.5, 0.6) is 5.75 Å². The Bertz CT molecular complexity index is 1050. The van der Waals surface area contributed by atoms with Crippen LogP contribution in [0.25, 0.3) is 6.08 Å². The van der Waals surface area contributed by atoms with Gasteiger partial charge in [-0.3, -0.25) is 15.1 Å². The minimum absolute atomic E-state index is 0.150. The lowest BCUT2D eigenvalue weighted by Gasteiger charge is -2.22. The van der Waals surface area contributed by atoms with Gasteiger partial charge >= 0.3 is 0 Å². The Morgan fingerprint density at radius 2 is 2.07 bits per heavy atom. The lowest BCUT2D eigenvalue weighted by atomic mass is 9.99. The third-order valence-electron chi connectivity index (χ3n) is 5.33. The molecule has 2 aliphatic rings. The molecule has 1 N–H and O–H groups in total. The molecule has 0 spiro atoms. The highest BCUT2D eigenvalue weighted by Gasteiger charge is 2.31. The summed E-state index contributed by atoms with van der Waals surface area (Å²) in [6, 6.07) is 12.1. The lowest BCUT2D eigenvalue weighted by molar-refractivity contribution is -0.114. The molecule has 0 saturated heterocycles. The number of amidine groups is 2. The summed E-state index contributed by atoms with van der Waals surface area (Å²) >= 11 is 1.34. The maximum absolute atomic E-state index is 12.4. The quantitative estimate of drug-likeness (QED) is 0.650. The second-order valence-corrected chi connectivity index (χ2v) is 8.11. The second kappa shape index (κ2) is 8.75. The molecule has 1 aromatic heterocycles. The summed E-state index contributed by atoms with van der Waals surface area (Å²) < 4.78 is 7.91. The molecule has 0 unspecified atom stereocenters. The van der Waals surface area contributed by atoms with Crippen molar-refractivity contribution in [1.82, 2.24) is 9.47 Å². The van der Waals surface area contributed by atoms with E-state index in [1.807, 2.05) is 40.4 Å². The van der Waals surface area contributed by atoms with Crippen molar-refractivity contribution < 1.29 is 9.53 Å². The van der Waals surface area contributed by atoms with Crippen LogP contribution in [-0.2, 0) is 11.3 Å². The molecule has 2 aliphatic heterocycles. The Hall–Kier alpha value is -3.06. The predicted octanol–water partition coefficient (Wildman–Crippen LogP) is 4.86. The molecule has 154 valence electrons. The molecular weight excluding hydrogens is 396 g/mol. The molecular formula is C23H24N4O2S. The van der Waals surface area contributed by atoms with E-state index in [0.29, 0.717) is 24.2 Å². The Balaban J connectivity index is 1.42. The van der Waals surface area contributed by atoms with Gasteiger partial charge in [-0.15, -0.1) is 0 Å². The van der Waals surface area contributed by atoms with Crippen molar-refractivity contribution in [2.45, 2.75) is 32.7 Å². The molecule has 4 rings (SSSR count). The van der Waals surface area contributed by atoms with Gasteiger partial charge in [0.1, 0.15) is 18.2 Å². The first-order chi connectivity index (χ1) is 14.6. The largest absolute Gasteiger partial charge is 0.492 e. The average Bonchev–Trinajstić information content (AvgIpc) is 3.40. The second-order valence-electron chi connectivity index (χ2n) is 7.23. The summed E-state index contributed by atoms with van der Waals surface area (Å²) in [5.74, 6) is 1.16. The van der Waals surface area contributed by atoms with E-state index in [1.54, 1.807) is 17.2 Å². The Kier molecular flexibility index (Phi) is 5.90. The zero-order chi connectivity index (χ0) is 21.1. The monoisotopic (exact) mass is 420 g/mol. The number of rotatable bonds is 7. The topological polar surface area (TPSA) is 70.7 Å². The SMILES string of the molecule is CC[C@H](C)c1ccc(OCCn2cccc2/C=C2/C(=N)N3C=CSC3=NC2=O)cc1. The molecule has 1 atom stereocenters. The number of aliphatic imine (C=N–C) groups is 1. The number of aromatic nitrogens is 1. The third-order valence-corrected chi connectivity index (χ3v) is 6.09. The van der Waals surface area contributed by atoms with Gasteiger partial charge in [-0.05, 0) is 53.7 Å². The van der Waals surface area contributed by atoms with Gasteiger partial charge in [0.15, 0.2) is 5.17 Å². The van der Waals surface area contributed by atoms with E-state index < -0.39 is 0 Å². The van der Waals surface area contributed by atoms with E-state index in [-0.39, 0.29) is 17.3 Å². The number of nitrogens with zero attached hydrogens (tertiary/aromatic N) is 3. The van der Waals surface area contributed by atoms with Gasteiger partial charge in [0.25, 0.3) is 5.91 Å². The number of fused-ring (bicyclic) bond motifs is 1. The number of carbonyl (C=O) groups is 1. The minimum atomic E-state index is -0.382. The van der Waals surface area contributed by atoms with Gasteiger partial charge in [-0.2, -0.15) is 4.99 Å². The van der Waals surface area contributed by atoms with E-state index in [0.717, 1.165) is 17.9 Å². The number of nitrogens with one attached hydrogen (secondary N) is 1. The van der Waals surface area contributed by atoms with Gasteiger partial charge in [0.05, 0.1) is 12.1 Å². The highest BCUT2D eigenvalue weighted by atomic mass is 32.2. The summed E-state index contributed by atoms with van der Waals surface area (Å²) in [4.78, 5) is 18.1. The third kappa shape index (κ3) is 4.11. The highest BCUT2D eigenvalue weighted by Crippen LogP contribution is 2.27. The van der Waals surface area contributed by atoms with E-state index in [9.17, 15) is 4.79 Å². The van der Waals surface area contributed by atoms with Crippen molar-refractivity contribution in [2.24, 2.45) is 4.99 Å². The summed E-state index contributed by atoms with van der Waals surface area (Å²) in [6.45, 7) is 5.55. The van der Waals surface area contributed by atoms with Crippen molar-refractivity contribution in [3.63, 3.8) is 0 Å². The first-order valence-electron chi connectivity index (χ1n) is 10.0. The number of benzene rings is 1. The van der Waals surface area contributed by atoms with Gasteiger partial charge in [-0.25, -0.2) is 0 Å². The van der Waals surface area contributed by atoms with Crippen molar-refractivity contribution in [1.29, 1.82) is 5.41 Å². The van der Waals surface area contributed by atoms with Crippen LogP contribution in [0.4, 0.5) is 0 Å². The van der Waals surface area contributed by atoms with E-state index in [4.69, 9.17) is 10.1 Å². The Morgan fingerprint density at radius 3 is 2.83 bits per heavy atom. The number of amides is 1. The fourth-order valence-electron chi connectivity index (χ4n) is 3.33. The first-order valence-corrected chi connectivity index (χ1v) is 10.9. The van der Waals surface area contributed by atoms with Crippen LogP contribution in [0.3, 0.4) is 0 Å². The van der Waals surface area contributed by atoms with Crippen LogP contribution in [0.15, 0.2) is 64.8 Å². The zero-order valence-electron chi connectivity index (χ0n) is 17.0. The van der Waals surface area contributed by atoms with Crippen LogP contribution in [0.1, 0.15) is 37.4 Å². The molecule has 1 aromatic carbocycles. The summed E-state index contributed by atoms with van der Waals surface area (Å²) in [6.07, 6.45) is 6.54. The molecule has 1 amide bonds. The standard InChI is InChI=1S/C23H24N4O2S/c1-3-16(2)17-6-8-19(9-7-17)29-13-11-26-10-4-5-18(26)15-20-21(24)27-12-14-30-23(27)25-22(20)28/h4-10,12,14-16,24H,3,11,13H2,1-2H3/b20-15-,24-21?/t16-/m0/s1. The number of thioether (sulfide) groups is 1. The number of carbonyl (C=O) groups excluding carboxylic acids is 1. The molecule has 0 bridgehead atoms. The van der Waals surface area contributed by atoms with Crippen molar-refractivity contribution in [2.75, 3.05) is 6.61 Å². The molecule has 30 heavy (non-hydrogen) atoms. The zero-order valence-corrected chi connectivity index (χ0v) is 17.9. The smallest absolute Gasteiger partial charge is 0.283 e.